The lowest BCUT2D eigenvalue weighted by Crippen LogP contribution is -1.96. The molecule has 0 unspecified atom stereocenters. The van der Waals surface area contributed by atoms with Crippen molar-refractivity contribution in [3.63, 3.8) is 0 Å². The van der Waals surface area contributed by atoms with Crippen LogP contribution in [0.15, 0.2) is 108 Å². The van der Waals surface area contributed by atoms with Crippen molar-refractivity contribution in [2.24, 2.45) is 7.05 Å². The quantitative estimate of drug-likeness (QED) is 0.254. The van der Waals surface area contributed by atoms with Crippen molar-refractivity contribution in [2.45, 2.75) is 0 Å². The molecule has 0 bridgehead atoms. The Balaban J connectivity index is 1.70. The number of aromatic nitrogens is 2. The summed E-state index contributed by atoms with van der Waals surface area (Å²) in [5.74, 6) is 0. The molecule has 160 valence electrons. The average molecular weight is 437 g/mol. The molecule has 3 heteroatoms. The van der Waals surface area contributed by atoms with Gasteiger partial charge in [0.15, 0.2) is 0 Å². The van der Waals surface area contributed by atoms with Crippen molar-refractivity contribution in [1.29, 1.82) is 0 Å². The van der Waals surface area contributed by atoms with Gasteiger partial charge in [-0.1, -0.05) is 72.8 Å². The second kappa shape index (κ2) is 6.30. The van der Waals surface area contributed by atoms with E-state index in [1.807, 2.05) is 6.07 Å². The predicted molar refractivity (Wildman–Crippen MR) is 142 cm³/mol. The minimum atomic E-state index is 0.917. The van der Waals surface area contributed by atoms with Gasteiger partial charge in [-0.2, -0.15) is 0 Å². The zero-order chi connectivity index (χ0) is 22.4. The largest absolute Gasteiger partial charge is 0.455 e. The van der Waals surface area contributed by atoms with Crippen LogP contribution >= 0.6 is 0 Å². The van der Waals surface area contributed by atoms with Crippen molar-refractivity contribution in [2.75, 3.05) is 0 Å². The van der Waals surface area contributed by atoms with Crippen LogP contribution in [-0.4, -0.2) is 9.13 Å². The highest BCUT2D eigenvalue weighted by Gasteiger charge is 2.22. The van der Waals surface area contributed by atoms with Crippen LogP contribution in [0.1, 0.15) is 0 Å². The molecular formula is C31H20N2O. The van der Waals surface area contributed by atoms with Crippen LogP contribution in [-0.2, 0) is 7.05 Å². The average Bonchev–Trinajstić information content (AvgIpc) is 3.52. The van der Waals surface area contributed by atoms with Crippen LogP contribution in [0.25, 0.3) is 71.2 Å². The topological polar surface area (TPSA) is 23.0 Å². The number of para-hydroxylation sites is 4. The molecule has 0 radical (unpaired) electrons. The summed E-state index contributed by atoms with van der Waals surface area (Å²) >= 11 is 0. The van der Waals surface area contributed by atoms with Gasteiger partial charge in [-0.05, 0) is 30.3 Å². The van der Waals surface area contributed by atoms with Crippen LogP contribution in [0.2, 0.25) is 0 Å². The normalized spacial score (nSPS) is 12.3. The maximum absolute atomic E-state index is 6.62. The van der Waals surface area contributed by atoms with Crippen molar-refractivity contribution in [3.05, 3.63) is 103 Å². The fourth-order valence-electron chi connectivity index (χ4n) is 5.86. The third kappa shape index (κ3) is 2.12. The van der Waals surface area contributed by atoms with Gasteiger partial charge in [-0.15, -0.1) is 0 Å². The lowest BCUT2D eigenvalue weighted by molar-refractivity contribution is 0.673. The Bertz CT molecular complexity index is 2030. The van der Waals surface area contributed by atoms with Gasteiger partial charge in [0.05, 0.1) is 33.0 Å². The summed E-state index contributed by atoms with van der Waals surface area (Å²) in [5.41, 5.74) is 7.80. The second-order valence-electron chi connectivity index (χ2n) is 9.04. The first-order chi connectivity index (χ1) is 16.8. The molecule has 5 aromatic carbocycles. The van der Waals surface area contributed by atoms with E-state index in [-0.39, 0.29) is 0 Å². The summed E-state index contributed by atoms with van der Waals surface area (Å²) in [7, 11) is 2.15. The summed E-state index contributed by atoms with van der Waals surface area (Å²) < 4.78 is 11.3. The van der Waals surface area contributed by atoms with Crippen LogP contribution in [0.4, 0.5) is 0 Å². The molecule has 8 aromatic rings. The second-order valence-corrected chi connectivity index (χ2v) is 9.04. The number of hydrogen-bond acceptors (Lipinski definition) is 1. The third-order valence-corrected chi connectivity index (χ3v) is 7.33. The van der Waals surface area contributed by atoms with E-state index in [9.17, 15) is 0 Å². The van der Waals surface area contributed by atoms with Crippen LogP contribution in [0.3, 0.4) is 0 Å². The molecule has 0 aliphatic rings. The summed E-state index contributed by atoms with van der Waals surface area (Å²) in [6, 6.07) is 36.7. The molecule has 3 nitrogen and oxygen atoms in total. The van der Waals surface area contributed by atoms with Crippen LogP contribution in [0, 0.1) is 0 Å². The van der Waals surface area contributed by atoms with Crippen molar-refractivity contribution in [3.8, 4) is 5.69 Å². The minimum absolute atomic E-state index is 0.917. The van der Waals surface area contributed by atoms with E-state index >= 15 is 0 Å². The Labute approximate surface area is 195 Å². The molecule has 0 saturated heterocycles. The van der Waals surface area contributed by atoms with E-state index in [2.05, 4.69) is 113 Å². The molecule has 0 atom stereocenters. The first-order valence-corrected chi connectivity index (χ1v) is 11.6. The van der Waals surface area contributed by atoms with Crippen molar-refractivity contribution < 1.29 is 4.42 Å². The minimum Gasteiger partial charge on any atom is -0.455 e. The molecule has 3 aromatic heterocycles. The number of aryl methyl sites for hydroxylation is 1. The van der Waals surface area contributed by atoms with Gasteiger partial charge in [0.2, 0.25) is 0 Å². The van der Waals surface area contributed by atoms with Crippen molar-refractivity contribution >= 4 is 65.6 Å². The Morgan fingerprint density at radius 3 is 1.79 bits per heavy atom. The molecule has 34 heavy (non-hydrogen) atoms. The maximum Gasteiger partial charge on any atom is 0.147 e. The third-order valence-electron chi connectivity index (χ3n) is 7.33. The zero-order valence-corrected chi connectivity index (χ0v) is 18.6. The molecule has 0 aliphatic heterocycles. The Hall–Kier alpha value is -4.50. The van der Waals surface area contributed by atoms with Gasteiger partial charge in [-0.3, -0.25) is 0 Å². The standard InChI is InChI=1S/C31H20N2O/c1-32-23-14-6-4-12-21(23)29-26(32)18-27(30-22-13-5-9-17-28(22)34-31(29)30)33-24-15-7-2-10-19(24)20-11-3-8-16-25(20)33/h2-18H,1H3. The summed E-state index contributed by atoms with van der Waals surface area (Å²) in [5, 5.41) is 7.22. The monoisotopic (exact) mass is 436 g/mol. The Morgan fingerprint density at radius 2 is 1.09 bits per heavy atom. The first kappa shape index (κ1) is 18.0. The molecule has 3 heterocycles. The number of fused-ring (bicyclic) bond motifs is 10. The molecule has 0 amide bonds. The Morgan fingerprint density at radius 1 is 0.529 bits per heavy atom. The molecule has 0 saturated carbocycles. The molecular weight excluding hydrogens is 416 g/mol. The van der Waals surface area contributed by atoms with E-state index in [1.165, 1.54) is 43.6 Å². The zero-order valence-electron chi connectivity index (χ0n) is 18.6. The molecule has 0 spiro atoms. The van der Waals surface area contributed by atoms with Crippen LogP contribution < -0.4 is 0 Å². The number of rotatable bonds is 1. The number of benzene rings is 5. The number of nitrogens with zero attached hydrogens (tertiary/aromatic N) is 2. The lowest BCUT2D eigenvalue weighted by atomic mass is 10.1. The number of furan rings is 1. The summed E-state index contributed by atoms with van der Waals surface area (Å²) in [4.78, 5) is 0. The predicted octanol–water partition coefficient (Wildman–Crippen LogP) is 8.33. The van der Waals surface area contributed by atoms with Gasteiger partial charge in [0.1, 0.15) is 11.2 Å². The number of hydrogen-bond donors (Lipinski definition) is 0. The van der Waals surface area contributed by atoms with Gasteiger partial charge in [-0.25, -0.2) is 0 Å². The highest BCUT2D eigenvalue weighted by atomic mass is 16.3. The van der Waals surface area contributed by atoms with Gasteiger partial charge >= 0.3 is 0 Å². The molecule has 0 aliphatic carbocycles. The van der Waals surface area contributed by atoms with E-state index < -0.39 is 0 Å². The maximum atomic E-state index is 6.62. The summed E-state index contributed by atoms with van der Waals surface area (Å²) in [6.07, 6.45) is 0. The summed E-state index contributed by atoms with van der Waals surface area (Å²) in [6.45, 7) is 0. The first-order valence-electron chi connectivity index (χ1n) is 11.6. The van der Waals surface area contributed by atoms with E-state index in [4.69, 9.17) is 4.42 Å². The SMILES string of the molecule is Cn1c2ccccc2c2c3oc4ccccc4c3c(-n3c4ccccc4c4ccccc43)cc21. The van der Waals surface area contributed by atoms with Gasteiger partial charge in [0.25, 0.3) is 0 Å². The molecule has 0 N–H and O–H groups in total. The Kier molecular flexibility index (Phi) is 3.33. The molecule has 0 fully saturated rings. The fourth-order valence-corrected chi connectivity index (χ4v) is 5.86. The van der Waals surface area contributed by atoms with Crippen LogP contribution in [0.5, 0.6) is 0 Å². The van der Waals surface area contributed by atoms with Gasteiger partial charge < -0.3 is 13.6 Å². The van der Waals surface area contributed by atoms with Gasteiger partial charge in [0, 0.05) is 34.1 Å². The van der Waals surface area contributed by atoms with E-state index in [0.717, 1.165) is 27.6 Å². The smallest absolute Gasteiger partial charge is 0.147 e. The fraction of sp³-hybridized carbons (Fsp3) is 0.0323. The molecule has 8 rings (SSSR count). The van der Waals surface area contributed by atoms with E-state index in [0.29, 0.717) is 0 Å². The van der Waals surface area contributed by atoms with E-state index in [1.54, 1.807) is 0 Å². The highest BCUT2D eigenvalue weighted by Crippen LogP contribution is 2.44. The van der Waals surface area contributed by atoms with Crippen molar-refractivity contribution in [1.82, 2.24) is 9.13 Å². The lowest BCUT2D eigenvalue weighted by Gasteiger charge is -2.11. The highest BCUT2D eigenvalue weighted by molar-refractivity contribution is 6.26.